The van der Waals surface area contributed by atoms with Crippen molar-refractivity contribution in [2.24, 2.45) is 16.8 Å². The highest BCUT2D eigenvalue weighted by molar-refractivity contribution is 5.89. The lowest BCUT2D eigenvalue weighted by atomic mass is 9.95. The molecular formula is C29H59N4+. The Morgan fingerprint density at radius 1 is 0.788 bits per heavy atom. The van der Waals surface area contributed by atoms with Crippen molar-refractivity contribution in [3.63, 3.8) is 0 Å². The maximum Gasteiger partial charge on any atom is 0.289 e. The lowest BCUT2D eigenvalue weighted by Crippen LogP contribution is -2.46. The zero-order chi connectivity index (χ0) is 26.3. The van der Waals surface area contributed by atoms with Gasteiger partial charge in [-0.2, -0.15) is 0 Å². The SMILES string of the molecule is C=C1C2CCCC2N(C)C(=C)N1C.CC.CC.CC.CC.CC1=NC2CCCC2C(C)=[N+]1C. The molecule has 0 spiro atoms. The van der Waals surface area contributed by atoms with Crippen molar-refractivity contribution in [1.82, 2.24) is 9.80 Å². The Bertz CT molecular complexity index is 632. The minimum Gasteiger partial charge on any atom is -0.358 e. The molecule has 2 heterocycles. The van der Waals surface area contributed by atoms with Gasteiger partial charge in [-0.25, -0.2) is 4.58 Å². The van der Waals surface area contributed by atoms with E-state index in [0.29, 0.717) is 18.0 Å². The van der Waals surface area contributed by atoms with Crippen LogP contribution < -0.4 is 0 Å². The maximum atomic E-state index is 4.70. The minimum atomic E-state index is 0.612. The number of hydrogen-bond acceptors (Lipinski definition) is 3. The third-order valence-electron chi connectivity index (χ3n) is 7.01. The lowest BCUT2D eigenvalue weighted by molar-refractivity contribution is -0.379. The van der Waals surface area contributed by atoms with E-state index >= 15 is 0 Å². The summed E-state index contributed by atoms with van der Waals surface area (Å²) in [6.07, 6.45) is 7.93. The second-order valence-corrected chi connectivity index (χ2v) is 8.16. The summed E-state index contributed by atoms with van der Waals surface area (Å²) in [7, 11) is 6.34. The molecule has 3 fully saturated rings. The average molecular weight is 464 g/mol. The van der Waals surface area contributed by atoms with E-state index in [1.165, 1.54) is 55.8 Å². The van der Waals surface area contributed by atoms with E-state index in [1.54, 1.807) is 0 Å². The van der Waals surface area contributed by atoms with E-state index in [4.69, 9.17) is 4.99 Å². The van der Waals surface area contributed by atoms with Gasteiger partial charge in [0.25, 0.3) is 5.84 Å². The van der Waals surface area contributed by atoms with Crippen LogP contribution in [0.5, 0.6) is 0 Å². The van der Waals surface area contributed by atoms with Crippen molar-refractivity contribution in [2.45, 2.75) is 120 Å². The zero-order valence-corrected chi connectivity index (χ0v) is 24.8. The predicted molar refractivity (Wildman–Crippen MR) is 151 cm³/mol. The number of aliphatic imine (C=N–C) groups is 1. The monoisotopic (exact) mass is 463 g/mol. The summed E-state index contributed by atoms with van der Waals surface area (Å²) in [4.78, 5) is 9.14. The summed E-state index contributed by atoms with van der Waals surface area (Å²) in [6.45, 7) is 28.6. The van der Waals surface area contributed by atoms with E-state index in [0.717, 1.165) is 11.7 Å². The molecule has 0 radical (unpaired) electrons. The van der Waals surface area contributed by atoms with Gasteiger partial charge < -0.3 is 9.80 Å². The van der Waals surface area contributed by atoms with Crippen molar-refractivity contribution < 1.29 is 4.58 Å². The maximum absolute atomic E-state index is 4.70. The van der Waals surface area contributed by atoms with Gasteiger partial charge in [0.05, 0.1) is 18.7 Å². The van der Waals surface area contributed by atoms with Crippen molar-refractivity contribution in [3.8, 4) is 0 Å². The van der Waals surface area contributed by atoms with Crippen LogP contribution in [0.3, 0.4) is 0 Å². The molecule has 0 bridgehead atoms. The zero-order valence-electron chi connectivity index (χ0n) is 24.8. The molecule has 4 heteroatoms. The number of rotatable bonds is 0. The summed E-state index contributed by atoms with van der Waals surface area (Å²) in [6, 6.07) is 1.28. The van der Waals surface area contributed by atoms with Crippen molar-refractivity contribution in [3.05, 3.63) is 24.7 Å². The first-order chi connectivity index (χ1) is 15.8. The Morgan fingerprint density at radius 3 is 1.82 bits per heavy atom. The summed E-state index contributed by atoms with van der Waals surface area (Å²) in [5.74, 6) is 3.70. The minimum absolute atomic E-state index is 0.612. The molecule has 4 rings (SSSR count). The fraction of sp³-hybridized carbons (Fsp3) is 0.793. The van der Waals surface area contributed by atoms with Gasteiger partial charge in [0, 0.05) is 38.7 Å². The molecule has 0 aromatic carbocycles. The Morgan fingerprint density at radius 2 is 1.27 bits per heavy atom. The second-order valence-electron chi connectivity index (χ2n) is 8.16. The molecule has 4 atom stereocenters. The van der Waals surface area contributed by atoms with Crippen LogP contribution in [0.4, 0.5) is 0 Å². The van der Waals surface area contributed by atoms with E-state index in [2.05, 4.69) is 62.5 Å². The van der Waals surface area contributed by atoms with Crippen LogP contribution in [0, 0.1) is 11.8 Å². The highest BCUT2D eigenvalue weighted by atomic mass is 15.4. The topological polar surface area (TPSA) is 21.9 Å². The number of hydrogen-bond donors (Lipinski definition) is 0. The van der Waals surface area contributed by atoms with Gasteiger partial charge in [-0.3, -0.25) is 0 Å². The highest BCUT2D eigenvalue weighted by Crippen LogP contribution is 2.41. The van der Waals surface area contributed by atoms with E-state index < -0.39 is 0 Å². The van der Waals surface area contributed by atoms with Crippen LogP contribution >= 0.6 is 0 Å². The Balaban J connectivity index is 0. The van der Waals surface area contributed by atoms with Crippen LogP contribution in [-0.2, 0) is 0 Å². The Labute approximate surface area is 208 Å². The lowest BCUT2D eigenvalue weighted by Gasteiger charge is -2.45. The Kier molecular flexibility index (Phi) is 18.2. The quantitative estimate of drug-likeness (QED) is 0.342. The van der Waals surface area contributed by atoms with Gasteiger partial charge >= 0.3 is 0 Å². The molecule has 4 aliphatic rings. The van der Waals surface area contributed by atoms with Crippen molar-refractivity contribution in [1.29, 1.82) is 0 Å². The van der Waals surface area contributed by atoms with Crippen LogP contribution in [0.25, 0.3) is 0 Å². The molecule has 0 amide bonds. The van der Waals surface area contributed by atoms with Gasteiger partial charge in [-0.05, 0) is 39.0 Å². The molecule has 2 aliphatic heterocycles. The normalized spacial score (nSPS) is 26.9. The van der Waals surface area contributed by atoms with E-state index in [-0.39, 0.29) is 0 Å². The van der Waals surface area contributed by atoms with Crippen LogP contribution in [0.15, 0.2) is 29.7 Å². The summed E-state index contributed by atoms with van der Waals surface area (Å²) in [5, 5.41) is 0. The van der Waals surface area contributed by atoms with E-state index in [9.17, 15) is 0 Å². The van der Waals surface area contributed by atoms with Crippen molar-refractivity contribution >= 4 is 11.5 Å². The molecule has 1 saturated heterocycles. The molecule has 0 N–H and O–H groups in total. The van der Waals surface area contributed by atoms with Crippen molar-refractivity contribution in [2.75, 3.05) is 21.1 Å². The summed E-state index contributed by atoms with van der Waals surface area (Å²) >= 11 is 0. The fourth-order valence-corrected chi connectivity index (χ4v) is 5.05. The standard InChI is InChI=1S/C11H18N2.C10H17N2.4C2H6/c1-8-10-6-5-7-11(10)13(4)9(2)12(8)3;1-7-9-5-4-6-10(9)11-8(2)12(7)3;4*1-2/h10-11H,1-2,5-7H2,3-4H3;9-10H,4-6H2,1-3H3;4*1-2H3/q;+1;;;;. The molecular weight excluding hydrogens is 404 g/mol. The van der Waals surface area contributed by atoms with Crippen LogP contribution in [-0.4, -0.2) is 59.1 Å². The van der Waals surface area contributed by atoms with Crippen LogP contribution in [0.1, 0.15) is 108 Å². The van der Waals surface area contributed by atoms with Gasteiger partial charge in [0.2, 0.25) is 0 Å². The molecule has 33 heavy (non-hydrogen) atoms. The van der Waals surface area contributed by atoms with E-state index in [1.807, 2.05) is 55.4 Å². The third-order valence-corrected chi connectivity index (χ3v) is 7.01. The largest absolute Gasteiger partial charge is 0.358 e. The first kappa shape index (κ1) is 33.6. The van der Waals surface area contributed by atoms with Gasteiger partial charge in [0.1, 0.15) is 5.82 Å². The van der Waals surface area contributed by atoms with Gasteiger partial charge in [0.15, 0.2) is 6.04 Å². The number of fused-ring (bicyclic) bond motifs is 2. The average Bonchev–Trinajstić information content (AvgIpc) is 3.56. The fourth-order valence-electron chi connectivity index (χ4n) is 5.05. The molecule has 2 saturated carbocycles. The first-order valence-electron chi connectivity index (χ1n) is 13.8. The molecule has 4 nitrogen and oxygen atoms in total. The summed E-state index contributed by atoms with van der Waals surface area (Å²) < 4.78 is 2.24. The predicted octanol–water partition coefficient (Wildman–Crippen LogP) is 7.81. The molecule has 194 valence electrons. The first-order valence-corrected chi connectivity index (χ1v) is 13.8. The van der Waals surface area contributed by atoms with Gasteiger partial charge in [-0.1, -0.05) is 80.0 Å². The second kappa shape index (κ2) is 17.8. The summed E-state index contributed by atoms with van der Waals surface area (Å²) in [5.41, 5.74) is 2.77. The third kappa shape index (κ3) is 8.30. The molecule has 0 aromatic heterocycles. The van der Waals surface area contributed by atoms with Crippen LogP contribution in [0.2, 0.25) is 0 Å². The molecule has 2 aliphatic carbocycles. The Hall–Kier alpha value is -1.58. The molecule has 0 aromatic rings. The van der Waals surface area contributed by atoms with Gasteiger partial charge in [-0.15, -0.1) is 0 Å². The number of amidine groups is 1. The number of nitrogens with zero attached hydrogens (tertiary/aromatic N) is 4. The highest BCUT2D eigenvalue weighted by Gasteiger charge is 2.39. The smallest absolute Gasteiger partial charge is 0.289 e. The molecule has 4 unspecified atom stereocenters.